The Morgan fingerprint density at radius 1 is 1.37 bits per heavy atom. The first kappa shape index (κ1) is 16.5. The van der Waals surface area contributed by atoms with Crippen LogP contribution in [0.1, 0.15) is 60.3 Å². The van der Waals surface area contributed by atoms with Gasteiger partial charge in [-0.2, -0.15) is 0 Å². The van der Waals surface area contributed by atoms with Crippen molar-refractivity contribution in [3.63, 3.8) is 0 Å². The Morgan fingerprint density at radius 3 is 2.58 bits per heavy atom. The van der Waals surface area contributed by atoms with Crippen molar-refractivity contribution in [2.45, 2.75) is 66.3 Å². The molecule has 0 aromatic heterocycles. The number of hydrogen-bond acceptors (Lipinski definition) is 2. The van der Waals surface area contributed by atoms with Gasteiger partial charge in [0.25, 0.3) is 0 Å². The van der Waals surface area contributed by atoms with Gasteiger partial charge in [0, 0.05) is 25.6 Å². The molecule has 0 radical (unpaired) electrons. The quantitative estimate of drug-likeness (QED) is 0.720. The van der Waals surface area contributed by atoms with Crippen molar-refractivity contribution < 1.29 is 4.79 Å². The van der Waals surface area contributed by atoms with Crippen molar-refractivity contribution >= 4 is 5.91 Å². The van der Waals surface area contributed by atoms with Gasteiger partial charge in [-0.15, -0.1) is 0 Å². The largest absolute Gasteiger partial charge is 0.342 e. The van der Waals surface area contributed by atoms with Crippen molar-refractivity contribution in [1.82, 2.24) is 10.2 Å². The van der Waals surface area contributed by atoms with Gasteiger partial charge in [-0.05, 0) is 37.6 Å². The van der Waals surface area contributed by atoms with Gasteiger partial charge in [-0.3, -0.25) is 4.79 Å². The summed E-state index contributed by atoms with van der Waals surface area (Å²) in [5.41, 5.74) is 0.254. The molecule has 1 fully saturated rings. The van der Waals surface area contributed by atoms with E-state index in [2.05, 4.69) is 44.8 Å². The molecule has 2 unspecified atom stereocenters. The fourth-order valence-electron chi connectivity index (χ4n) is 2.77. The van der Waals surface area contributed by atoms with Crippen molar-refractivity contribution in [1.29, 1.82) is 0 Å². The summed E-state index contributed by atoms with van der Waals surface area (Å²) in [6.07, 6.45) is 4.30. The van der Waals surface area contributed by atoms with Crippen molar-refractivity contribution in [3.8, 4) is 0 Å². The van der Waals surface area contributed by atoms with Gasteiger partial charge in [-0.1, -0.05) is 34.1 Å². The van der Waals surface area contributed by atoms with E-state index in [0.29, 0.717) is 17.9 Å². The Kier molecular flexibility index (Phi) is 6.31. The molecular weight excluding hydrogens is 236 g/mol. The third-order valence-electron chi connectivity index (χ3n) is 4.31. The standard InChI is InChI=1S/C16H32N2O/c1-6-17-13(2)9-7-8-10-18-12-14(11-15(18)19)16(3,4)5/h13-14,17H,6-12H2,1-5H3. The van der Waals surface area contributed by atoms with Gasteiger partial charge in [-0.25, -0.2) is 0 Å². The fourth-order valence-corrected chi connectivity index (χ4v) is 2.77. The molecule has 3 heteroatoms. The van der Waals surface area contributed by atoms with E-state index in [1.165, 1.54) is 12.8 Å². The molecule has 19 heavy (non-hydrogen) atoms. The molecule has 1 rings (SSSR count). The Balaban J connectivity index is 2.22. The van der Waals surface area contributed by atoms with E-state index in [0.717, 1.165) is 32.5 Å². The van der Waals surface area contributed by atoms with Crippen LogP contribution < -0.4 is 5.32 Å². The van der Waals surface area contributed by atoms with Crippen LogP contribution in [0, 0.1) is 11.3 Å². The topological polar surface area (TPSA) is 32.3 Å². The van der Waals surface area contributed by atoms with Crippen LogP contribution in [-0.4, -0.2) is 36.5 Å². The summed E-state index contributed by atoms with van der Waals surface area (Å²) in [4.78, 5) is 14.1. The number of likely N-dealkylation sites (tertiary alicyclic amines) is 1. The number of nitrogens with zero attached hydrogens (tertiary/aromatic N) is 1. The fraction of sp³-hybridized carbons (Fsp3) is 0.938. The van der Waals surface area contributed by atoms with E-state index in [4.69, 9.17) is 0 Å². The molecule has 0 aromatic rings. The number of hydrogen-bond donors (Lipinski definition) is 1. The lowest BCUT2D eigenvalue weighted by Gasteiger charge is -2.26. The van der Waals surface area contributed by atoms with Gasteiger partial charge in [0.05, 0.1) is 0 Å². The van der Waals surface area contributed by atoms with Crippen LogP contribution in [0.4, 0.5) is 0 Å². The summed E-state index contributed by atoms with van der Waals surface area (Å²) in [6.45, 7) is 14.1. The third kappa shape index (κ3) is 5.52. The lowest BCUT2D eigenvalue weighted by Crippen LogP contribution is -2.29. The van der Waals surface area contributed by atoms with Crippen LogP contribution in [0.5, 0.6) is 0 Å². The summed E-state index contributed by atoms with van der Waals surface area (Å²) in [5.74, 6) is 0.889. The zero-order chi connectivity index (χ0) is 14.5. The third-order valence-corrected chi connectivity index (χ3v) is 4.31. The highest BCUT2D eigenvalue weighted by atomic mass is 16.2. The summed E-state index contributed by atoms with van der Waals surface area (Å²) < 4.78 is 0. The van der Waals surface area contributed by atoms with Crippen molar-refractivity contribution in [2.24, 2.45) is 11.3 Å². The Morgan fingerprint density at radius 2 is 2.05 bits per heavy atom. The van der Waals surface area contributed by atoms with E-state index in [9.17, 15) is 4.79 Å². The molecule has 1 N–H and O–H groups in total. The van der Waals surface area contributed by atoms with Crippen LogP contribution >= 0.6 is 0 Å². The van der Waals surface area contributed by atoms with Crippen molar-refractivity contribution in [3.05, 3.63) is 0 Å². The van der Waals surface area contributed by atoms with E-state index in [-0.39, 0.29) is 5.41 Å². The molecule has 0 aliphatic carbocycles. The second-order valence-electron chi connectivity index (χ2n) is 7.06. The summed E-state index contributed by atoms with van der Waals surface area (Å²) >= 11 is 0. The molecule has 3 nitrogen and oxygen atoms in total. The summed E-state index contributed by atoms with van der Waals surface area (Å²) in [5, 5.41) is 3.43. The van der Waals surface area contributed by atoms with Crippen LogP contribution in [0.2, 0.25) is 0 Å². The average Bonchev–Trinajstić information content (AvgIpc) is 2.66. The molecule has 0 spiro atoms. The maximum atomic E-state index is 12.0. The lowest BCUT2D eigenvalue weighted by molar-refractivity contribution is -0.127. The Labute approximate surface area is 119 Å². The average molecular weight is 268 g/mol. The maximum Gasteiger partial charge on any atom is 0.222 e. The van der Waals surface area contributed by atoms with E-state index < -0.39 is 0 Å². The molecular formula is C16H32N2O. The smallest absolute Gasteiger partial charge is 0.222 e. The first-order chi connectivity index (χ1) is 8.84. The maximum absolute atomic E-state index is 12.0. The number of carbonyl (C=O) groups excluding carboxylic acids is 1. The van der Waals surface area contributed by atoms with E-state index in [1.807, 2.05) is 0 Å². The minimum Gasteiger partial charge on any atom is -0.342 e. The predicted molar refractivity (Wildman–Crippen MR) is 81.1 cm³/mol. The predicted octanol–water partition coefficient (Wildman–Crippen LogP) is 3.05. The highest BCUT2D eigenvalue weighted by Crippen LogP contribution is 2.34. The highest BCUT2D eigenvalue weighted by molar-refractivity contribution is 5.78. The number of carbonyl (C=O) groups is 1. The van der Waals surface area contributed by atoms with Gasteiger partial charge >= 0.3 is 0 Å². The second-order valence-corrected chi connectivity index (χ2v) is 7.06. The summed E-state index contributed by atoms with van der Waals surface area (Å²) in [7, 11) is 0. The zero-order valence-corrected chi connectivity index (χ0v) is 13.5. The highest BCUT2D eigenvalue weighted by Gasteiger charge is 2.36. The number of rotatable bonds is 7. The molecule has 0 saturated carbocycles. The van der Waals surface area contributed by atoms with Crippen LogP contribution in [0.25, 0.3) is 0 Å². The normalized spacial score (nSPS) is 22.1. The minimum absolute atomic E-state index is 0.254. The second kappa shape index (κ2) is 7.28. The van der Waals surface area contributed by atoms with Gasteiger partial charge in [0.15, 0.2) is 0 Å². The molecule has 1 heterocycles. The van der Waals surface area contributed by atoms with E-state index in [1.54, 1.807) is 0 Å². The number of nitrogens with one attached hydrogen (secondary N) is 1. The van der Waals surface area contributed by atoms with Crippen LogP contribution in [0.15, 0.2) is 0 Å². The first-order valence-corrected chi connectivity index (χ1v) is 7.85. The minimum atomic E-state index is 0.254. The molecule has 0 bridgehead atoms. The zero-order valence-electron chi connectivity index (χ0n) is 13.5. The molecule has 2 atom stereocenters. The summed E-state index contributed by atoms with van der Waals surface area (Å²) in [6, 6.07) is 0.599. The molecule has 1 saturated heterocycles. The Hall–Kier alpha value is -0.570. The SMILES string of the molecule is CCNC(C)CCCCN1CC(C(C)(C)C)CC1=O. The molecule has 0 aromatic carbocycles. The van der Waals surface area contributed by atoms with E-state index >= 15 is 0 Å². The van der Waals surface area contributed by atoms with Crippen LogP contribution in [-0.2, 0) is 4.79 Å². The number of unbranched alkanes of at least 4 members (excludes halogenated alkanes) is 1. The first-order valence-electron chi connectivity index (χ1n) is 7.85. The Bertz CT molecular complexity index is 283. The van der Waals surface area contributed by atoms with Gasteiger partial charge in [0.1, 0.15) is 0 Å². The molecule has 1 aliphatic rings. The number of amides is 1. The van der Waals surface area contributed by atoms with Gasteiger partial charge < -0.3 is 10.2 Å². The monoisotopic (exact) mass is 268 g/mol. The molecule has 1 aliphatic heterocycles. The van der Waals surface area contributed by atoms with Crippen molar-refractivity contribution in [2.75, 3.05) is 19.6 Å². The van der Waals surface area contributed by atoms with Crippen LogP contribution in [0.3, 0.4) is 0 Å². The van der Waals surface area contributed by atoms with Gasteiger partial charge in [0.2, 0.25) is 5.91 Å². The lowest BCUT2D eigenvalue weighted by atomic mass is 9.80. The molecule has 1 amide bonds. The molecule has 112 valence electrons.